The van der Waals surface area contributed by atoms with Crippen molar-refractivity contribution in [3.8, 4) is 0 Å². The SMILES string of the molecule is [CH2]COC(=O)N(CCCC)c1ccccc1. The molecule has 1 amide bonds. The van der Waals surface area contributed by atoms with Gasteiger partial charge in [0.25, 0.3) is 0 Å². The van der Waals surface area contributed by atoms with E-state index in [1.807, 2.05) is 30.3 Å². The van der Waals surface area contributed by atoms with Gasteiger partial charge in [0, 0.05) is 12.2 Å². The first-order valence-corrected chi connectivity index (χ1v) is 5.58. The Hall–Kier alpha value is -1.51. The number of hydrogen-bond acceptors (Lipinski definition) is 2. The third-order valence-electron chi connectivity index (χ3n) is 2.25. The van der Waals surface area contributed by atoms with Gasteiger partial charge in [-0.05, 0) is 25.5 Å². The van der Waals surface area contributed by atoms with E-state index in [9.17, 15) is 4.79 Å². The summed E-state index contributed by atoms with van der Waals surface area (Å²) in [5.41, 5.74) is 0.870. The van der Waals surface area contributed by atoms with Crippen LogP contribution in [-0.2, 0) is 4.74 Å². The fourth-order valence-electron chi connectivity index (χ4n) is 1.42. The van der Waals surface area contributed by atoms with Crippen molar-refractivity contribution >= 4 is 11.8 Å². The van der Waals surface area contributed by atoms with E-state index < -0.39 is 0 Å². The Morgan fingerprint density at radius 2 is 2.06 bits per heavy atom. The molecule has 0 bridgehead atoms. The van der Waals surface area contributed by atoms with Crippen LogP contribution < -0.4 is 4.90 Å². The standard InChI is InChI=1S/C13H18NO2/c1-3-5-11-14(13(15)16-4-2)12-9-7-6-8-10-12/h6-10H,2-5,11H2,1H3. The number of hydrogen-bond donors (Lipinski definition) is 0. The third kappa shape index (κ3) is 3.57. The van der Waals surface area contributed by atoms with Gasteiger partial charge in [0.15, 0.2) is 0 Å². The molecule has 0 unspecified atom stereocenters. The zero-order valence-electron chi connectivity index (χ0n) is 9.69. The quantitative estimate of drug-likeness (QED) is 0.762. The lowest BCUT2D eigenvalue weighted by molar-refractivity contribution is 0.165. The van der Waals surface area contributed by atoms with Crippen LogP contribution in [0.4, 0.5) is 10.5 Å². The van der Waals surface area contributed by atoms with Crippen LogP contribution >= 0.6 is 0 Å². The van der Waals surface area contributed by atoms with E-state index >= 15 is 0 Å². The van der Waals surface area contributed by atoms with Crippen LogP contribution in [0.3, 0.4) is 0 Å². The Kier molecular flexibility index (Phi) is 5.40. The number of rotatable bonds is 5. The molecular weight excluding hydrogens is 202 g/mol. The predicted octanol–water partition coefficient (Wildman–Crippen LogP) is 3.26. The fourth-order valence-corrected chi connectivity index (χ4v) is 1.42. The van der Waals surface area contributed by atoms with Gasteiger partial charge in [-0.15, -0.1) is 0 Å². The molecule has 1 aromatic rings. The van der Waals surface area contributed by atoms with Crippen molar-refractivity contribution in [2.24, 2.45) is 0 Å². The summed E-state index contributed by atoms with van der Waals surface area (Å²) in [5, 5.41) is 0. The summed E-state index contributed by atoms with van der Waals surface area (Å²) in [7, 11) is 0. The first kappa shape index (κ1) is 12.6. The molecule has 0 saturated carbocycles. The van der Waals surface area contributed by atoms with E-state index in [-0.39, 0.29) is 12.7 Å². The van der Waals surface area contributed by atoms with E-state index in [4.69, 9.17) is 4.74 Å². The summed E-state index contributed by atoms with van der Waals surface area (Å²) in [6.07, 6.45) is 1.68. The topological polar surface area (TPSA) is 29.5 Å². The van der Waals surface area contributed by atoms with E-state index in [1.165, 1.54) is 0 Å². The van der Waals surface area contributed by atoms with Gasteiger partial charge < -0.3 is 4.74 Å². The highest BCUT2D eigenvalue weighted by molar-refractivity contribution is 5.87. The van der Waals surface area contributed by atoms with Crippen LogP contribution in [0.5, 0.6) is 0 Å². The summed E-state index contributed by atoms with van der Waals surface area (Å²) in [4.78, 5) is 13.4. The molecule has 0 spiro atoms. The van der Waals surface area contributed by atoms with Crippen LogP contribution in [0, 0.1) is 6.92 Å². The molecule has 0 fully saturated rings. The minimum atomic E-state index is -0.324. The number of amides is 1. The normalized spacial score (nSPS) is 9.88. The van der Waals surface area contributed by atoms with Crippen LogP contribution in [-0.4, -0.2) is 19.2 Å². The lowest BCUT2D eigenvalue weighted by Gasteiger charge is -2.21. The molecule has 0 aliphatic carbocycles. The summed E-state index contributed by atoms with van der Waals surface area (Å²) >= 11 is 0. The number of nitrogens with zero attached hydrogens (tertiary/aromatic N) is 1. The minimum Gasteiger partial charge on any atom is -0.449 e. The smallest absolute Gasteiger partial charge is 0.414 e. The van der Waals surface area contributed by atoms with Gasteiger partial charge in [-0.25, -0.2) is 4.79 Å². The summed E-state index contributed by atoms with van der Waals surface area (Å²) in [6, 6.07) is 9.55. The van der Waals surface area contributed by atoms with E-state index in [0.717, 1.165) is 18.5 Å². The van der Waals surface area contributed by atoms with Gasteiger partial charge in [-0.3, -0.25) is 4.90 Å². The molecule has 0 N–H and O–H groups in total. The number of carbonyl (C=O) groups is 1. The van der Waals surface area contributed by atoms with Crippen LogP contribution in [0.25, 0.3) is 0 Å². The Bertz CT molecular complexity index is 311. The average molecular weight is 220 g/mol. The molecule has 0 atom stereocenters. The maximum Gasteiger partial charge on any atom is 0.414 e. The summed E-state index contributed by atoms with van der Waals surface area (Å²) in [6.45, 7) is 6.45. The first-order chi connectivity index (χ1) is 7.79. The zero-order valence-corrected chi connectivity index (χ0v) is 9.69. The van der Waals surface area contributed by atoms with Gasteiger partial charge in [0.05, 0.1) is 6.61 Å². The van der Waals surface area contributed by atoms with Gasteiger partial charge in [0.2, 0.25) is 0 Å². The molecule has 3 nitrogen and oxygen atoms in total. The van der Waals surface area contributed by atoms with E-state index in [0.29, 0.717) is 6.54 Å². The molecule has 1 aromatic carbocycles. The number of unbranched alkanes of at least 4 members (excludes halogenated alkanes) is 1. The lowest BCUT2D eigenvalue weighted by atomic mass is 10.2. The Morgan fingerprint density at radius 3 is 2.62 bits per heavy atom. The molecule has 0 saturated heterocycles. The average Bonchev–Trinajstić information content (AvgIpc) is 2.31. The molecule has 1 radical (unpaired) electrons. The number of carbonyl (C=O) groups excluding carboxylic acids is 1. The molecule has 16 heavy (non-hydrogen) atoms. The van der Waals surface area contributed by atoms with Crippen molar-refractivity contribution in [2.75, 3.05) is 18.1 Å². The Morgan fingerprint density at radius 1 is 1.38 bits per heavy atom. The molecule has 0 aliphatic rings. The molecule has 3 heteroatoms. The van der Waals surface area contributed by atoms with E-state index in [1.54, 1.807) is 4.90 Å². The first-order valence-electron chi connectivity index (χ1n) is 5.58. The highest BCUT2D eigenvalue weighted by atomic mass is 16.6. The highest BCUT2D eigenvalue weighted by Gasteiger charge is 2.15. The largest absolute Gasteiger partial charge is 0.449 e. The van der Waals surface area contributed by atoms with Crippen LogP contribution in [0.2, 0.25) is 0 Å². The summed E-state index contributed by atoms with van der Waals surface area (Å²) < 4.78 is 4.93. The Labute approximate surface area is 97.0 Å². The molecule has 0 aromatic heterocycles. The number of anilines is 1. The van der Waals surface area contributed by atoms with Gasteiger partial charge in [-0.2, -0.15) is 0 Å². The maximum absolute atomic E-state index is 11.7. The molecule has 0 heterocycles. The van der Waals surface area contributed by atoms with Crippen molar-refractivity contribution < 1.29 is 9.53 Å². The van der Waals surface area contributed by atoms with Crippen molar-refractivity contribution in [3.05, 3.63) is 37.3 Å². The number of ether oxygens (including phenoxy) is 1. The molecular formula is C13H18NO2. The van der Waals surface area contributed by atoms with Gasteiger partial charge in [0.1, 0.15) is 0 Å². The molecule has 0 aliphatic heterocycles. The van der Waals surface area contributed by atoms with Crippen molar-refractivity contribution in [3.63, 3.8) is 0 Å². The van der Waals surface area contributed by atoms with Gasteiger partial charge in [-0.1, -0.05) is 31.5 Å². The van der Waals surface area contributed by atoms with Crippen LogP contribution in [0.1, 0.15) is 19.8 Å². The zero-order chi connectivity index (χ0) is 11.8. The molecule has 1 rings (SSSR count). The van der Waals surface area contributed by atoms with Crippen molar-refractivity contribution in [1.82, 2.24) is 0 Å². The fraction of sp³-hybridized carbons (Fsp3) is 0.385. The van der Waals surface area contributed by atoms with Crippen LogP contribution in [0.15, 0.2) is 30.3 Å². The number of para-hydroxylation sites is 1. The van der Waals surface area contributed by atoms with Crippen molar-refractivity contribution in [2.45, 2.75) is 19.8 Å². The molecule has 87 valence electrons. The predicted molar refractivity (Wildman–Crippen MR) is 65.4 cm³/mol. The monoisotopic (exact) mass is 220 g/mol. The second kappa shape index (κ2) is 6.88. The van der Waals surface area contributed by atoms with Gasteiger partial charge >= 0.3 is 6.09 Å². The maximum atomic E-state index is 11.7. The number of benzene rings is 1. The lowest BCUT2D eigenvalue weighted by Crippen LogP contribution is -2.32. The Balaban J connectivity index is 2.74. The van der Waals surface area contributed by atoms with Crippen molar-refractivity contribution in [1.29, 1.82) is 0 Å². The summed E-state index contributed by atoms with van der Waals surface area (Å²) in [5.74, 6) is 0. The third-order valence-corrected chi connectivity index (χ3v) is 2.25. The second-order valence-corrected chi connectivity index (χ2v) is 3.46. The van der Waals surface area contributed by atoms with E-state index in [2.05, 4.69) is 13.8 Å². The highest BCUT2D eigenvalue weighted by Crippen LogP contribution is 2.15. The second-order valence-electron chi connectivity index (χ2n) is 3.46. The minimum absolute atomic E-state index is 0.161.